The van der Waals surface area contributed by atoms with Crippen molar-refractivity contribution in [2.45, 2.75) is 24.9 Å². The van der Waals surface area contributed by atoms with Crippen LogP contribution in [0.25, 0.3) is 0 Å². The maximum atomic E-state index is 12.8. The van der Waals surface area contributed by atoms with Gasteiger partial charge in [0.15, 0.2) is 5.69 Å². The Hall–Kier alpha value is -4.50. The molecule has 4 heterocycles. The molecule has 0 spiro atoms. The molecule has 1 N–H and O–H groups in total. The summed E-state index contributed by atoms with van der Waals surface area (Å²) in [5.41, 5.74) is 0.760. The summed E-state index contributed by atoms with van der Waals surface area (Å²) >= 11 is 5.89. The Bertz CT molecular complexity index is 1700. The molecule has 11 nitrogen and oxygen atoms in total. The summed E-state index contributed by atoms with van der Waals surface area (Å²) in [4.78, 5) is 43.0. The van der Waals surface area contributed by atoms with Crippen molar-refractivity contribution in [3.05, 3.63) is 113 Å². The number of carbonyl (C=O) groups excluding carboxylic acids is 2. The van der Waals surface area contributed by atoms with E-state index in [1.807, 2.05) is 44.4 Å². The summed E-state index contributed by atoms with van der Waals surface area (Å²) < 4.78 is 49.2. The van der Waals surface area contributed by atoms with E-state index in [0.29, 0.717) is 35.4 Å². The van der Waals surface area contributed by atoms with Gasteiger partial charge in [0.2, 0.25) is 6.23 Å². The highest BCUT2D eigenvalue weighted by Crippen LogP contribution is 2.36. The highest BCUT2D eigenvalue weighted by molar-refractivity contribution is 6.30. The third-order valence-corrected chi connectivity index (χ3v) is 8.06. The first-order valence-corrected chi connectivity index (χ1v) is 15.9. The van der Waals surface area contributed by atoms with Crippen molar-refractivity contribution in [1.82, 2.24) is 30.1 Å². The first-order valence-electron chi connectivity index (χ1n) is 15.5. The number of rotatable bonds is 8. The number of nitrogens with one attached hydrogen (secondary N) is 1. The number of fused-ring (bicyclic) bond motifs is 1. The van der Waals surface area contributed by atoms with E-state index in [9.17, 15) is 22.8 Å². The summed E-state index contributed by atoms with van der Waals surface area (Å²) in [6, 6.07) is 17.6. The SMILES string of the molecule is CN1CCN(C(=O)O[C@H]2c3nccnc3C(=O)N2c2ccc(Cl)cn2)CC1.CNCCC(Oc1ccc(C(F)(F)F)cc1)c1ccccc1.Cl. The highest BCUT2D eigenvalue weighted by atomic mass is 35.5. The molecule has 4 aromatic rings. The average molecular weight is 735 g/mol. The van der Waals surface area contributed by atoms with Crippen LogP contribution in [0.1, 0.15) is 46.1 Å². The van der Waals surface area contributed by atoms with E-state index in [1.54, 1.807) is 17.0 Å². The van der Waals surface area contributed by atoms with Crippen LogP contribution >= 0.6 is 24.0 Å². The Kier molecular flexibility index (Phi) is 13.4. The van der Waals surface area contributed by atoms with Crippen LogP contribution in [0, 0.1) is 0 Å². The average Bonchev–Trinajstić information content (AvgIpc) is 3.38. The van der Waals surface area contributed by atoms with Crippen molar-refractivity contribution in [3.8, 4) is 5.75 Å². The summed E-state index contributed by atoms with van der Waals surface area (Å²) in [6.07, 6.45) is -1.03. The predicted octanol–water partition coefficient (Wildman–Crippen LogP) is 6.42. The first kappa shape index (κ1) is 38.3. The Balaban J connectivity index is 0.000000225. The fourth-order valence-corrected chi connectivity index (χ4v) is 5.27. The predicted molar refractivity (Wildman–Crippen MR) is 183 cm³/mol. The lowest BCUT2D eigenvalue weighted by atomic mass is 10.1. The first-order chi connectivity index (χ1) is 23.5. The molecule has 2 aliphatic rings. The van der Waals surface area contributed by atoms with E-state index in [0.717, 1.165) is 43.8 Å². The van der Waals surface area contributed by atoms with Crippen molar-refractivity contribution < 1.29 is 32.2 Å². The van der Waals surface area contributed by atoms with Crippen molar-refractivity contribution in [2.24, 2.45) is 0 Å². The van der Waals surface area contributed by atoms with E-state index in [-0.39, 0.29) is 24.2 Å². The Morgan fingerprint density at radius 3 is 2.28 bits per heavy atom. The molecule has 1 saturated heterocycles. The number of aromatic nitrogens is 3. The van der Waals surface area contributed by atoms with Crippen LogP contribution < -0.4 is 15.0 Å². The number of hydrogen-bond acceptors (Lipinski definition) is 9. The lowest BCUT2D eigenvalue weighted by Crippen LogP contribution is -2.48. The second kappa shape index (κ2) is 17.4. The molecule has 2 atom stereocenters. The number of likely N-dealkylation sites (N-methyl/N-ethyl adjacent to an activating group) is 1. The fourth-order valence-electron chi connectivity index (χ4n) is 5.16. The van der Waals surface area contributed by atoms with Crippen LogP contribution in [0.5, 0.6) is 5.75 Å². The normalized spacial score (nSPS) is 16.4. The third-order valence-electron chi connectivity index (χ3n) is 7.84. The molecule has 0 radical (unpaired) electrons. The number of benzene rings is 2. The molecular formula is C34H36Cl2F3N7O4. The van der Waals surface area contributed by atoms with Crippen LogP contribution in [0.15, 0.2) is 85.3 Å². The van der Waals surface area contributed by atoms with Crippen LogP contribution in [0.3, 0.4) is 0 Å². The lowest BCUT2D eigenvalue weighted by molar-refractivity contribution is -0.137. The number of hydrogen-bond donors (Lipinski definition) is 1. The maximum absolute atomic E-state index is 12.8. The number of nitrogens with zero attached hydrogens (tertiary/aromatic N) is 6. The molecule has 2 aliphatic heterocycles. The monoisotopic (exact) mass is 733 g/mol. The van der Waals surface area contributed by atoms with Gasteiger partial charge in [0.05, 0.1) is 10.6 Å². The van der Waals surface area contributed by atoms with Gasteiger partial charge in [-0.3, -0.25) is 9.78 Å². The molecule has 2 amide bonds. The zero-order chi connectivity index (χ0) is 35.0. The summed E-state index contributed by atoms with van der Waals surface area (Å²) in [7, 11) is 3.85. The molecule has 1 unspecified atom stereocenters. The van der Waals surface area contributed by atoms with Gasteiger partial charge in [0, 0.05) is 51.2 Å². The Labute approximate surface area is 298 Å². The van der Waals surface area contributed by atoms with Gasteiger partial charge < -0.3 is 24.6 Å². The van der Waals surface area contributed by atoms with E-state index in [1.165, 1.54) is 35.6 Å². The van der Waals surface area contributed by atoms with Gasteiger partial charge in [0.25, 0.3) is 5.91 Å². The lowest BCUT2D eigenvalue weighted by Gasteiger charge is -2.33. The molecule has 0 bridgehead atoms. The fraction of sp³-hybridized carbons (Fsp3) is 0.324. The Morgan fingerprint density at radius 2 is 1.66 bits per heavy atom. The van der Waals surface area contributed by atoms with E-state index in [4.69, 9.17) is 21.1 Å². The molecule has 6 rings (SSSR count). The number of ether oxygens (including phenoxy) is 2. The molecule has 50 heavy (non-hydrogen) atoms. The summed E-state index contributed by atoms with van der Waals surface area (Å²) in [5.74, 6) is 0.308. The van der Waals surface area contributed by atoms with Gasteiger partial charge in [-0.15, -0.1) is 12.4 Å². The standard InChI is InChI=1S/C17H17ClN6O3.C17H18F3NO.ClH/c1-22-6-8-23(9-7-22)17(26)27-16-14-13(19-4-5-20-14)15(25)24(16)12-3-2-11(18)10-21-12;1-21-12-11-16(13-5-3-2-4-6-13)22-15-9-7-14(8-10-15)17(18,19)20;/h2-5,10,16H,6-9H2,1H3;2-10,16,21H,11-12H2,1H3;1H/t16-;;/m0../s1. The number of amides is 2. The van der Waals surface area contributed by atoms with Crippen LogP contribution in [-0.2, 0) is 10.9 Å². The van der Waals surface area contributed by atoms with Crippen LogP contribution in [-0.4, -0.2) is 83.6 Å². The number of piperazine rings is 1. The van der Waals surface area contributed by atoms with Crippen molar-refractivity contribution in [3.63, 3.8) is 0 Å². The highest BCUT2D eigenvalue weighted by Gasteiger charge is 2.44. The molecule has 2 aromatic heterocycles. The van der Waals surface area contributed by atoms with Crippen molar-refractivity contribution in [1.29, 1.82) is 0 Å². The number of anilines is 1. The topological polar surface area (TPSA) is 113 Å². The molecule has 0 saturated carbocycles. The molecule has 16 heteroatoms. The quantitative estimate of drug-likeness (QED) is 0.219. The molecular weight excluding hydrogens is 698 g/mol. The number of alkyl halides is 3. The van der Waals surface area contributed by atoms with Gasteiger partial charge >= 0.3 is 12.3 Å². The second-order valence-electron chi connectivity index (χ2n) is 11.3. The minimum atomic E-state index is -4.33. The van der Waals surface area contributed by atoms with Crippen molar-refractivity contribution >= 4 is 41.8 Å². The van der Waals surface area contributed by atoms with E-state index < -0.39 is 30.0 Å². The summed E-state index contributed by atoms with van der Waals surface area (Å²) in [6.45, 7) is 3.39. The minimum Gasteiger partial charge on any atom is -0.486 e. The van der Waals surface area contributed by atoms with Gasteiger partial charge in [-0.25, -0.2) is 19.7 Å². The van der Waals surface area contributed by atoms with Gasteiger partial charge in [-0.2, -0.15) is 13.2 Å². The van der Waals surface area contributed by atoms with Gasteiger partial charge in [-0.1, -0.05) is 41.9 Å². The maximum Gasteiger partial charge on any atom is 0.416 e. The van der Waals surface area contributed by atoms with Gasteiger partial charge in [-0.05, 0) is 62.6 Å². The largest absolute Gasteiger partial charge is 0.486 e. The molecule has 0 aliphatic carbocycles. The Morgan fingerprint density at radius 1 is 0.980 bits per heavy atom. The number of halogens is 5. The third kappa shape index (κ3) is 9.59. The second-order valence-corrected chi connectivity index (χ2v) is 11.7. The number of carbonyl (C=O) groups is 2. The van der Waals surface area contributed by atoms with Crippen LogP contribution in [0.4, 0.5) is 23.8 Å². The van der Waals surface area contributed by atoms with Crippen LogP contribution in [0.2, 0.25) is 5.02 Å². The summed E-state index contributed by atoms with van der Waals surface area (Å²) in [5, 5.41) is 3.49. The minimum absolute atomic E-state index is 0. The molecule has 2 aromatic carbocycles. The zero-order valence-electron chi connectivity index (χ0n) is 27.2. The van der Waals surface area contributed by atoms with E-state index >= 15 is 0 Å². The van der Waals surface area contributed by atoms with Crippen molar-refractivity contribution in [2.75, 3.05) is 51.7 Å². The number of pyridine rings is 1. The molecule has 266 valence electrons. The molecule has 1 fully saturated rings. The van der Waals surface area contributed by atoms with Gasteiger partial charge in [0.1, 0.15) is 23.4 Å². The zero-order valence-corrected chi connectivity index (χ0v) is 28.8. The van der Waals surface area contributed by atoms with E-state index in [2.05, 4.69) is 25.2 Å². The smallest absolute Gasteiger partial charge is 0.416 e.